The Labute approximate surface area is 111 Å². The first-order chi connectivity index (χ1) is 9.35. The van der Waals surface area contributed by atoms with Crippen molar-refractivity contribution >= 4 is 11.6 Å². The highest BCUT2D eigenvalue weighted by Crippen LogP contribution is 2.21. The van der Waals surface area contributed by atoms with Gasteiger partial charge in [0.2, 0.25) is 0 Å². The Kier molecular flexibility index (Phi) is 4.57. The zero-order valence-electron chi connectivity index (χ0n) is 10.8. The standard InChI is InChI=1S/C12H17N7/c1-2-4-10-11(15-8-16-12(10)18-13)14-7-9-5-3-6-17-19-9/h3,5-6,8H,2,4,7,13H2,1H3,(H2,14,15,16,18). The van der Waals surface area contributed by atoms with Crippen molar-refractivity contribution in [1.82, 2.24) is 20.2 Å². The molecule has 2 rings (SSSR count). The molecule has 0 spiro atoms. The summed E-state index contributed by atoms with van der Waals surface area (Å²) in [6.07, 6.45) is 4.96. The summed E-state index contributed by atoms with van der Waals surface area (Å²) in [5.74, 6) is 6.89. The van der Waals surface area contributed by atoms with E-state index in [1.807, 2.05) is 12.1 Å². The fraction of sp³-hybridized carbons (Fsp3) is 0.333. The van der Waals surface area contributed by atoms with Crippen LogP contribution in [0.1, 0.15) is 24.6 Å². The van der Waals surface area contributed by atoms with E-state index >= 15 is 0 Å². The molecule has 7 heteroatoms. The molecule has 0 amide bonds. The number of anilines is 2. The minimum atomic E-state index is 0.561. The van der Waals surface area contributed by atoms with Crippen LogP contribution in [0.4, 0.5) is 11.6 Å². The van der Waals surface area contributed by atoms with Gasteiger partial charge in [0.05, 0.1) is 12.2 Å². The van der Waals surface area contributed by atoms with Gasteiger partial charge in [-0.05, 0) is 18.6 Å². The first kappa shape index (κ1) is 13.2. The van der Waals surface area contributed by atoms with Gasteiger partial charge < -0.3 is 10.7 Å². The lowest BCUT2D eigenvalue weighted by Gasteiger charge is -2.12. The van der Waals surface area contributed by atoms with Crippen molar-refractivity contribution < 1.29 is 0 Å². The van der Waals surface area contributed by atoms with E-state index in [-0.39, 0.29) is 0 Å². The Morgan fingerprint density at radius 3 is 2.79 bits per heavy atom. The number of nitrogens with two attached hydrogens (primary N) is 1. The van der Waals surface area contributed by atoms with Crippen LogP contribution in [0.3, 0.4) is 0 Å². The summed E-state index contributed by atoms with van der Waals surface area (Å²) >= 11 is 0. The summed E-state index contributed by atoms with van der Waals surface area (Å²) in [7, 11) is 0. The molecule has 100 valence electrons. The average Bonchev–Trinajstić information content (AvgIpc) is 2.47. The number of hydrogen-bond acceptors (Lipinski definition) is 7. The number of hydrazine groups is 1. The number of aromatic nitrogens is 4. The highest BCUT2D eigenvalue weighted by molar-refractivity contribution is 5.56. The third-order valence-electron chi connectivity index (χ3n) is 2.65. The molecule has 0 aliphatic rings. The van der Waals surface area contributed by atoms with Crippen LogP contribution < -0.4 is 16.6 Å². The summed E-state index contributed by atoms with van der Waals surface area (Å²) in [6.45, 7) is 2.66. The fourth-order valence-corrected chi connectivity index (χ4v) is 1.78. The number of hydrogen-bond donors (Lipinski definition) is 3. The highest BCUT2D eigenvalue weighted by atomic mass is 15.3. The van der Waals surface area contributed by atoms with E-state index in [1.165, 1.54) is 6.33 Å². The quantitative estimate of drug-likeness (QED) is 0.527. The van der Waals surface area contributed by atoms with E-state index < -0.39 is 0 Å². The first-order valence-corrected chi connectivity index (χ1v) is 6.16. The van der Waals surface area contributed by atoms with Gasteiger partial charge in [-0.25, -0.2) is 15.8 Å². The van der Waals surface area contributed by atoms with Crippen LogP contribution in [-0.4, -0.2) is 20.2 Å². The van der Waals surface area contributed by atoms with Crippen molar-refractivity contribution in [3.05, 3.63) is 35.9 Å². The molecule has 0 atom stereocenters. The van der Waals surface area contributed by atoms with Gasteiger partial charge in [0.1, 0.15) is 18.0 Å². The number of rotatable bonds is 6. The normalized spacial score (nSPS) is 10.2. The summed E-state index contributed by atoms with van der Waals surface area (Å²) < 4.78 is 0. The molecule has 0 aliphatic heterocycles. The van der Waals surface area contributed by atoms with Crippen molar-refractivity contribution in [3.63, 3.8) is 0 Å². The summed E-state index contributed by atoms with van der Waals surface area (Å²) in [5, 5.41) is 11.1. The summed E-state index contributed by atoms with van der Waals surface area (Å²) in [6, 6.07) is 3.76. The Morgan fingerprint density at radius 2 is 2.11 bits per heavy atom. The molecule has 7 nitrogen and oxygen atoms in total. The van der Waals surface area contributed by atoms with Crippen molar-refractivity contribution in [2.75, 3.05) is 10.7 Å². The molecule has 0 unspecified atom stereocenters. The third-order valence-corrected chi connectivity index (χ3v) is 2.65. The number of nitrogens with zero attached hydrogens (tertiary/aromatic N) is 4. The number of nitrogens with one attached hydrogen (secondary N) is 2. The van der Waals surface area contributed by atoms with E-state index in [9.17, 15) is 0 Å². The lowest BCUT2D eigenvalue weighted by molar-refractivity contribution is 0.884. The second-order valence-electron chi connectivity index (χ2n) is 4.01. The predicted molar refractivity (Wildman–Crippen MR) is 73.2 cm³/mol. The molecular formula is C12H17N7. The smallest absolute Gasteiger partial charge is 0.148 e. The summed E-state index contributed by atoms with van der Waals surface area (Å²) in [4.78, 5) is 8.37. The van der Waals surface area contributed by atoms with E-state index in [0.717, 1.165) is 29.9 Å². The highest BCUT2D eigenvalue weighted by Gasteiger charge is 2.09. The first-order valence-electron chi connectivity index (χ1n) is 6.16. The van der Waals surface area contributed by atoms with Crippen LogP contribution in [0.5, 0.6) is 0 Å². The van der Waals surface area contributed by atoms with Gasteiger partial charge >= 0.3 is 0 Å². The van der Waals surface area contributed by atoms with E-state index in [0.29, 0.717) is 12.4 Å². The Balaban J connectivity index is 2.15. The molecular weight excluding hydrogens is 242 g/mol. The van der Waals surface area contributed by atoms with Crippen LogP contribution in [0, 0.1) is 0 Å². The van der Waals surface area contributed by atoms with Crippen LogP contribution >= 0.6 is 0 Å². The van der Waals surface area contributed by atoms with Crippen molar-refractivity contribution in [3.8, 4) is 0 Å². The van der Waals surface area contributed by atoms with E-state index in [4.69, 9.17) is 5.84 Å². The molecule has 0 radical (unpaired) electrons. The van der Waals surface area contributed by atoms with Crippen LogP contribution in [-0.2, 0) is 13.0 Å². The maximum atomic E-state index is 5.47. The van der Waals surface area contributed by atoms with Gasteiger partial charge in [0.25, 0.3) is 0 Å². The third kappa shape index (κ3) is 3.35. The van der Waals surface area contributed by atoms with Gasteiger partial charge in [0.15, 0.2) is 0 Å². The molecule has 0 aliphatic carbocycles. The minimum absolute atomic E-state index is 0.561. The lowest BCUT2D eigenvalue weighted by Crippen LogP contribution is -2.14. The van der Waals surface area contributed by atoms with E-state index in [1.54, 1.807) is 6.20 Å². The zero-order chi connectivity index (χ0) is 13.5. The molecule has 0 aromatic carbocycles. The average molecular weight is 259 g/mol. The molecule has 0 saturated carbocycles. The maximum Gasteiger partial charge on any atom is 0.148 e. The molecule has 4 N–H and O–H groups in total. The SMILES string of the molecule is CCCc1c(NN)ncnc1NCc1cccnn1. The summed E-state index contributed by atoms with van der Waals surface area (Å²) in [5.41, 5.74) is 4.44. The Hall–Kier alpha value is -2.28. The number of nitrogen functional groups attached to an aromatic ring is 1. The van der Waals surface area contributed by atoms with Gasteiger partial charge in [-0.15, -0.1) is 0 Å². The van der Waals surface area contributed by atoms with Crippen LogP contribution in [0.15, 0.2) is 24.7 Å². The second-order valence-corrected chi connectivity index (χ2v) is 4.01. The monoisotopic (exact) mass is 259 g/mol. The minimum Gasteiger partial charge on any atom is -0.364 e. The molecule has 2 aromatic rings. The Morgan fingerprint density at radius 1 is 1.26 bits per heavy atom. The van der Waals surface area contributed by atoms with Gasteiger partial charge in [-0.1, -0.05) is 13.3 Å². The molecule has 2 heterocycles. The Bertz CT molecular complexity index is 515. The lowest BCUT2D eigenvalue weighted by atomic mass is 10.1. The molecule has 2 aromatic heterocycles. The van der Waals surface area contributed by atoms with Gasteiger partial charge in [-0.3, -0.25) is 0 Å². The van der Waals surface area contributed by atoms with E-state index in [2.05, 4.69) is 37.8 Å². The van der Waals surface area contributed by atoms with Crippen molar-refractivity contribution in [2.45, 2.75) is 26.3 Å². The molecule has 19 heavy (non-hydrogen) atoms. The molecule has 0 bridgehead atoms. The largest absolute Gasteiger partial charge is 0.364 e. The second kappa shape index (κ2) is 6.60. The van der Waals surface area contributed by atoms with Crippen molar-refractivity contribution in [1.29, 1.82) is 0 Å². The predicted octanol–water partition coefficient (Wildman–Crippen LogP) is 1.12. The van der Waals surface area contributed by atoms with Crippen molar-refractivity contribution in [2.24, 2.45) is 5.84 Å². The topological polar surface area (TPSA) is 102 Å². The zero-order valence-corrected chi connectivity index (χ0v) is 10.8. The van der Waals surface area contributed by atoms with Crippen LogP contribution in [0.25, 0.3) is 0 Å². The molecule has 0 fully saturated rings. The maximum absolute atomic E-state index is 5.47. The van der Waals surface area contributed by atoms with Crippen LogP contribution in [0.2, 0.25) is 0 Å². The van der Waals surface area contributed by atoms with Gasteiger partial charge in [-0.2, -0.15) is 10.2 Å². The molecule has 0 saturated heterocycles. The fourth-order valence-electron chi connectivity index (χ4n) is 1.78. The van der Waals surface area contributed by atoms with Gasteiger partial charge in [0, 0.05) is 11.8 Å².